The smallest absolute Gasteiger partial charge is 0.277 e. The maximum Gasteiger partial charge on any atom is 0.277 e. The Balaban J connectivity index is 1.48. The lowest BCUT2D eigenvalue weighted by Gasteiger charge is -2.34. The first-order valence-electron chi connectivity index (χ1n) is 9.68. The van der Waals surface area contributed by atoms with Crippen LogP contribution in [0.4, 0.5) is 0 Å². The van der Waals surface area contributed by atoms with Crippen LogP contribution in [-0.2, 0) is 4.79 Å². The van der Waals surface area contributed by atoms with Crippen LogP contribution >= 0.6 is 11.3 Å². The second-order valence-corrected chi connectivity index (χ2v) is 8.78. The van der Waals surface area contributed by atoms with E-state index in [4.69, 9.17) is 4.98 Å². The molecule has 4 nitrogen and oxygen atoms in total. The van der Waals surface area contributed by atoms with Crippen LogP contribution in [0.25, 0.3) is 10.2 Å². The van der Waals surface area contributed by atoms with Crippen LogP contribution < -0.4 is 4.90 Å². The third-order valence-electron chi connectivity index (χ3n) is 5.86. The highest BCUT2D eigenvalue weighted by Crippen LogP contribution is 2.28. The van der Waals surface area contributed by atoms with Crippen LogP contribution in [0.15, 0.2) is 24.3 Å². The molecule has 0 bridgehead atoms. The van der Waals surface area contributed by atoms with Crippen molar-refractivity contribution in [3.05, 3.63) is 29.3 Å². The van der Waals surface area contributed by atoms with Gasteiger partial charge in [-0.05, 0) is 43.7 Å². The number of rotatable bonds is 3. The monoisotopic (exact) mass is 358 g/mol. The van der Waals surface area contributed by atoms with Gasteiger partial charge < -0.3 is 9.80 Å². The number of hydrogen-bond donors (Lipinski definition) is 1. The zero-order valence-corrected chi connectivity index (χ0v) is 15.9. The average Bonchev–Trinajstić information content (AvgIpc) is 3.06. The highest BCUT2D eigenvalue weighted by Gasteiger charge is 2.33. The fraction of sp³-hybridized carbons (Fsp3) is 0.600. The molecule has 134 valence electrons. The number of nitrogens with one attached hydrogen (secondary N) is 1. The molecule has 0 aliphatic carbocycles. The van der Waals surface area contributed by atoms with E-state index in [9.17, 15) is 4.79 Å². The molecule has 2 fully saturated rings. The number of likely N-dealkylation sites (tertiary alicyclic amines) is 2. The molecule has 3 heterocycles. The number of carbonyl (C=O) groups excluding carboxylic acids is 1. The zero-order valence-electron chi connectivity index (χ0n) is 15.0. The van der Waals surface area contributed by atoms with E-state index in [1.165, 1.54) is 27.4 Å². The Labute approximate surface area is 153 Å². The minimum Gasteiger partial charge on any atom is -0.338 e. The number of para-hydroxylation sites is 1. The molecule has 0 saturated carbocycles. The number of fused-ring (bicyclic) bond motifs is 1. The van der Waals surface area contributed by atoms with Gasteiger partial charge in [0.15, 0.2) is 11.6 Å². The molecule has 2 aliphatic rings. The van der Waals surface area contributed by atoms with E-state index in [1.807, 2.05) is 11.3 Å². The number of carbonyl (C=O) groups is 1. The molecular formula is C20H28N3OS+. The fourth-order valence-corrected chi connectivity index (χ4v) is 5.35. The molecule has 1 aromatic heterocycles. The molecular weight excluding hydrogens is 330 g/mol. The largest absolute Gasteiger partial charge is 0.338 e. The van der Waals surface area contributed by atoms with Crippen LogP contribution in [0.5, 0.6) is 0 Å². The number of hydrogen-bond acceptors (Lipinski definition) is 3. The van der Waals surface area contributed by atoms with E-state index >= 15 is 0 Å². The number of nitrogens with zero attached hydrogens (tertiary/aromatic N) is 2. The summed E-state index contributed by atoms with van der Waals surface area (Å²) in [5.41, 5.74) is 1.10. The van der Waals surface area contributed by atoms with E-state index in [0.717, 1.165) is 50.3 Å². The minimum absolute atomic E-state index is 0.343. The first kappa shape index (κ1) is 17.0. The Kier molecular flexibility index (Phi) is 5.04. The van der Waals surface area contributed by atoms with Crippen molar-refractivity contribution in [1.82, 2.24) is 9.88 Å². The predicted molar refractivity (Wildman–Crippen MR) is 102 cm³/mol. The Morgan fingerprint density at radius 1 is 1.24 bits per heavy atom. The molecule has 2 aliphatic heterocycles. The van der Waals surface area contributed by atoms with Gasteiger partial charge in [-0.25, -0.2) is 4.98 Å². The molecule has 1 unspecified atom stereocenters. The standard InChI is InChI=1S/C20H27N3OS/c1-15-9-12-22(13-10-15)19(24)14-23-11-5-4-7-17(23)20-21-16-6-2-3-8-18(16)25-20/h2-3,6,8,15,17H,4-5,7,9-14H2,1H3/p+1/t17-/m1/s1. The Bertz CT molecular complexity index is 702. The molecule has 1 N–H and O–H groups in total. The van der Waals surface area contributed by atoms with Crippen molar-refractivity contribution in [3.8, 4) is 0 Å². The van der Waals surface area contributed by atoms with Gasteiger partial charge in [-0.15, -0.1) is 11.3 Å². The van der Waals surface area contributed by atoms with Crippen LogP contribution in [0, 0.1) is 5.92 Å². The Hall–Kier alpha value is -1.46. The number of piperidine rings is 2. The number of amides is 1. The number of benzene rings is 1. The first-order chi connectivity index (χ1) is 12.2. The number of quaternary nitrogens is 1. The summed E-state index contributed by atoms with van der Waals surface area (Å²) in [6.45, 7) is 5.91. The van der Waals surface area contributed by atoms with Gasteiger partial charge in [0.05, 0.1) is 16.8 Å². The number of thiazole rings is 1. The molecule has 2 atom stereocenters. The van der Waals surface area contributed by atoms with Crippen molar-refractivity contribution < 1.29 is 9.69 Å². The summed E-state index contributed by atoms with van der Waals surface area (Å²) < 4.78 is 1.26. The highest BCUT2D eigenvalue weighted by atomic mass is 32.1. The summed E-state index contributed by atoms with van der Waals surface area (Å²) in [5, 5.41) is 1.22. The SMILES string of the molecule is CC1CCN(C(=O)C[NH+]2CCCC[C@@H]2c2nc3ccccc3s2)CC1. The molecule has 0 radical (unpaired) electrons. The van der Waals surface area contributed by atoms with Crippen molar-refractivity contribution in [2.24, 2.45) is 5.92 Å². The van der Waals surface area contributed by atoms with E-state index in [1.54, 1.807) is 0 Å². The average molecular weight is 359 g/mol. The third-order valence-corrected chi connectivity index (χ3v) is 7.01. The van der Waals surface area contributed by atoms with Crippen molar-refractivity contribution >= 4 is 27.5 Å². The van der Waals surface area contributed by atoms with Crippen molar-refractivity contribution in [2.45, 2.75) is 45.1 Å². The Morgan fingerprint density at radius 3 is 2.84 bits per heavy atom. The van der Waals surface area contributed by atoms with Crippen molar-refractivity contribution in [1.29, 1.82) is 0 Å². The van der Waals surface area contributed by atoms with Gasteiger partial charge in [-0.2, -0.15) is 0 Å². The molecule has 0 spiro atoms. The van der Waals surface area contributed by atoms with E-state index < -0.39 is 0 Å². The molecule has 2 aromatic rings. The second kappa shape index (κ2) is 7.42. The summed E-state index contributed by atoms with van der Waals surface area (Å²) in [4.78, 5) is 21.2. The lowest BCUT2D eigenvalue weighted by molar-refractivity contribution is -0.929. The van der Waals surface area contributed by atoms with Crippen LogP contribution in [0.2, 0.25) is 0 Å². The lowest BCUT2D eigenvalue weighted by Crippen LogP contribution is -3.14. The molecule has 5 heteroatoms. The summed E-state index contributed by atoms with van der Waals surface area (Å²) >= 11 is 1.81. The van der Waals surface area contributed by atoms with E-state index in [-0.39, 0.29) is 0 Å². The van der Waals surface area contributed by atoms with E-state index in [2.05, 4.69) is 36.1 Å². The zero-order chi connectivity index (χ0) is 17.2. The maximum atomic E-state index is 12.8. The highest BCUT2D eigenvalue weighted by molar-refractivity contribution is 7.18. The van der Waals surface area contributed by atoms with Crippen LogP contribution in [0.1, 0.15) is 50.1 Å². The maximum absolute atomic E-state index is 12.8. The quantitative estimate of drug-likeness (QED) is 0.916. The van der Waals surface area contributed by atoms with Gasteiger partial charge >= 0.3 is 0 Å². The number of aromatic nitrogens is 1. The molecule has 1 amide bonds. The molecule has 25 heavy (non-hydrogen) atoms. The Morgan fingerprint density at radius 2 is 2.04 bits per heavy atom. The van der Waals surface area contributed by atoms with Crippen LogP contribution in [-0.4, -0.2) is 42.0 Å². The minimum atomic E-state index is 0.343. The summed E-state index contributed by atoms with van der Waals surface area (Å²) in [7, 11) is 0. The first-order valence-corrected chi connectivity index (χ1v) is 10.5. The molecule has 1 aromatic carbocycles. The molecule has 2 saturated heterocycles. The second-order valence-electron chi connectivity index (χ2n) is 7.72. The third kappa shape index (κ3) is 3.72. The van der Waals surface area contributed by atoms with Gasteiger partial charge in [0.25, 0.3) is 5.91 Å². The predicted octanol–water partition coefficient (Wildman–Crippen LogP) is 2.66. The van der Waals surface area contributed by atoms with Gasteiger partial charge in [0, 0.05) is 19.5 Å². The van der Waals surface area contributed by atoms with Crippen LogP contribution in [0.3, 0.4) is 0 Å². The summed E-state index contributed by atoms with van der Waals surface area (Å²) in [5.74, 6) is 1.11. The summed E-state index contributed by atoms with van der Waals surface area (Å²) in [6, 6.07) is 8.77. The van der Waals surface area contributed by atoms with Gasteiger partial charge in [0.1, 0.15) is 6.04 Å². The van der Waals surface area contributed by atoms with Crippen molar-refractivity contribution in [2.75, 3.05) is 26.2 Å². The fourth-order valence-electron chi connectivity index (χ4n) is 4.19. The van der Waals surface area contributed by atoms with Crippen molar-refractivity contribution in [3.63, 3.8) is 0 Å². The topological polar surface area (TPSA) is 37.6 Å². The van der Waals surface area contributed by atoms with Gasteiger partial charge in [0.2, 0.25) is 0 Å². The van der Waals surface area contributed by atoms with E-state index in [0.29, 0.717) is 18.5 Å². The molecule has 4 rings (SSSR count). The summed E-state index contributed by atoms with van der Waals surface area (Å²) in [6.07, 6.45) is 5.94. The van der Waals surface area contributed by atoms with Gasteiger partial charge in [-0.3, -0.25) is 4.79 Å². The van der Waals surface area contributed by atoms with Gasteiger partial charge in [-0.1, -0.05) is 19.1 Å². The normalized spacial score (nSPS) is 25.4. The lowest BCUT2D eigenvalue weighted by atomic mass is 9.99.